The van der Waals surface area contributed by atoms with Crippen molar-refractivity contribution in [1.82, 2.24) is 0 Å². The van der Waals surface area contributed by atoms with Crippen LogP contribution in [0.5, 0.6) is 0 Å². The number of nitrogens with two attached hydrogens (primary N) is 1. The van der Waals surface area contributed by atoms with Gasteiger partial charge in [-0.2, -0.15) is 12.6 Å². The molecule has 0 unspecified atom stereocenters. The number of carbonyl (C=O) groups is 2. The second-order valence-corrected chi connectivity index (χ2v) is 2.01. The zero-order valence-corrected chi connectivity index (χ0v) is 6.70. The molecule has 5 nitrogen and oxygen atoms in total. The van der Waals surface area contributed by atoms with Crippen molar-refractivity contribution in [2.45, 2.75) is 12.5 Å². The van der Waals surface area contributed by atoms with Gasteiger partial charge in [-0.1, -0.05) is 0 Å². The van der Waals surface area contributed by atoms with E-state index in [4.69, 9.17) is 20.7 Å². The van der Waals surface area contributed by atoms with Crippen molar-refractivity contribution < 1.29 is 19.8 Å². The van der Waals surface area contributed by atoms with Crippen molar-refractivity contribution in [3.05, 3.63) is 0 Å². The lowest BCUT2D eigenvalue weighted by Gasteiger charge is -2.00. The summed E-state index contributed by atoms with van der Waals surface area (Å²) in [5.41, 5.74) is 5.08. The fraction of sp³-hybridized carbons (Fsp3) is 0.600. The fourth-order valence-corrected chi connectivity index (χ4v) is 0.541. The zero-order chi connectivity index (χ0) is 9.28. The third kappa shape index (κ3) is 12.4. The molecule has 0 fully saturated rings. The minimum atomic E-state index is -0.959. The molecule has 0 aromatic carbocycles. The first-order chi connectivity index (χ1) is 5.09. The largest absolute Gasteiger partial charge is 0.483 e. The third-order valence-corrected chi connectivity index (χ3v) is 1.02. The average Bonchev–Trinajstić information content (AvgIpc) is 1.90. The number of hydrogen-bond donors (Lipinski definition) is 4. The first-order valence-corrected chi connectivity index (χ1v) is 3.40. The molecule has 66 valence electrons. The highest BCUT2D eigenvalue weighted by atomic mass is 32.1. The first kappa shape index (κ1) is 12.9. The van der Waals surface area contributed by atoms with Gasteiger partial charge >= 0.3 is 5.97 Å². The van der Waals surface area contributed by atoms with Crippen molar-refractivity contribution in [2.75, 3.05) is 5.75 Å². The summed E-state index contributed by atoms with van der Waals surface area (Å²) in [6.07, 6.45) is 0.429. The van der Waals surface area contributed by atoms with E-state index in [0.717, 1.165) is 0 Å². The molecule has 0 aliphatic rings. The predicted octanol–water partition coefficient (Wildman–Crippen LogP) is -0.581. The molecule has 0 aliphatic heterocycles. The molecule has 0 saturated heterocycles. The second kappa shape index (κ2) is 9.25. The van der Waals surface area contributed by atoms with E-state index in [-0.39, 0.29) is 6.47 Å². The van der Waals surface area contributed by atoms with E-state index < -0.39 is 12.0 Å². The van der Waals surface area contributed by atoms with Crippen LogP contribution in [0.25, 0.3) is 0 Å². The summed E-state index contributed by atoms with van der Waals surface area (Å²) < 4.78 is 0. The Balaban J connectivity index is 0. The SMILES string of the molecule is N[C@@H](CCS)C(=O)O.O=CO. The van der Waals surface area contributed by atoms with Crippen LogP contribution in [0.15, 0.2) is 0 Å². The van der Waals surface area contributed by atoms with E-state index in [2.05, 4.69) is 12.6 Å². The lowest BCUT2D eigenvalue weighted by Crippen LogP contribution is -2.30. The van der Waals surface area contributed by atoms with Crippen molar-refractivity contribution in [1.29, 1.82) is 0 Å². The van der Waals surface area contributed by atoms with Gasteiger partial charge in [-0.25, -0.2) is 0 Å². The standard InChI is InChI=1S/C4H9NO2S.CH2O2/c5-3(1-2-8)4(6)7;2-1-3/h3,8H,1-2,5H2,(H,6,7);1H,(H,2,3)/t3-;/m0./s1. The Kier molecular flexibility index (Phi) is 10.8. The molecule has 1 atom stereocenters. The van der Waals surface area contributed by atoms with Crippen LogP contribution >= 0.6 is 12.6 Å². The maximum atomic E-state index is 9.93. The molecule has 0 spiro atoms. The molecular weight excluding hydrogens is 170 g/mol. The lowest BCUT2D eigenvalue weighted by molar-refractivity contribution is -0.138. The van der Waals surface area contributed by atoms with Gasteiger partial charge in [0, 0.05) is 0 Å². The molecular formula is C5H11NO4S. The van der Waals surface area contributed by atoms with E-state index in [9.17, 15) is 4.79 Å². The maximum absolute atomic E-state index is 9.93. The topological polar surface area (TPSA) is 101 Å². The summed E-state index contributed by atoms with van der Waals surface area (Å²) in [5, 5.41) is 15.0. The number of hydrogen-bond acceptors (Lipinski definition) is 4. The second-order valence-electron chi connectivity index (χ2n) is 1.56. The third-order valence-electron chi connectivity index (χ3n) is 0.757. The van der Waals surface area contributed by atoms with Gasteiger partial charge in [0.25, 0.3) is 6.47 Å². The normalized spacial score (nSPS) is 10.7. The predicted molar refractivity (Wildman–Crippen MR) is 42.8 cm³/mol. The molecule has 0 aliphatic carbocycles. The molecule has 0 heterocycles. The molecule has 0 amide bonds. The van der Waals surface area contributed by atoms with Gasteiger partial charge in [-0.05, 0) is 12.2 Å². The Bertz CT molecular complexity index is 119. The van der Waals surface area contributed by atoms with Gasteiger partial charge in [0.15, 0.2) is 0 Å². The summed E-state index contributed by atoms with van der Waals surface area (Å²) >= 11 is 3.81. The van der Waals surface area contributed by atoms with Gasteiger partial charge in [0.1, 0.15) is 6.04 Å². The number of thiol groups is 1. The van der Waals surface area contributed by atoms with Gasteiger partial charge in [0.2, 0.25) is 0 Å². The van der Waals surface area contributed by atoms with E-state index >= 15 is 0 Å². The first-order valence-electron chi connectivity index (χ1n) is 2.77. The number of carboxylic acids is 1. The monoisotopic (exact) mass is 181 g/mol. The van der Waals surface area contributed by atoms with E-state index in [0.29, 0.717) is 12.2 Å². The molecule has 0 radical (unpaired) electrons. The van der Waals surface area contributed by atoms with Crippen LogP contribution in [0.1, 0.15) is 6.42 Å². The lowest BCUT2D eigenvalue weighted by atomic mass is 10.2. The minimum Gasteiger partial charge on any atom is -0.483 e. The van der Waals surface area contributed by atoms with Gasteiger partial charge < -0.3 is 15.9 Å². The van der Waals surface area contributed by atoms with Crippen LogP contribution in [0.4, 0.5) is 0 Å². The summed E-state index contributed by atoms with van der Waals surface area (Å²) in [4.78, 5) is 18.3. The highest BCUT2D eigenvalue weighted by Gasteiger charge is 2.08. The van der Waals surface area contributed by atoms with E-state index in [1.807, 2.05) is 0 Å². The van der Waals surface area contributed by atoms with Crippen molar-refractivity contribution >= 4 is 25.1 Å². The number of aliphatic carboxylic acids is 1. The quantitative estimate of drug-likeness (QED) is 0.345. The average molecular weight is 181 g/mol. The highest BCUT2D eigenvalue weighted by molar-refractivity contribution is 7.80. The summed E-state index contributed by atoms with van der Waals surface area (Å²) in [5.74, 6) is -0.438. The minimum absolute atomic E-state index is 0.250. The van der Waals surface area contributed by atoms with Crippen LogP contribution in [-0.4, -0.2) is 34.4 Å². The summed E-state index contributed by atoms with van der Waals surface area (Å²) in [7, 11) is 0. The fourth-order valence-electron chi connectivity index (χ4n) is 0.263. The number of carboxylic acid groups (broad SMARTS) is 2. The molecule has 0 bridgehead atoms. The van der Waals surface area contributed by atoms with Crippen LogP contribution in [-0.2, 0) is 9.59 Å². The maximum Gasteiger partial charge on any atom is 0.320 e. The molecule has 0 aromatic heterocycles. The van der Waals surface area contributed by atoms with Crippen LogP contribution in [0.2, 0.25) is 0 Å². The highest BCUT2D eigenvalue weighted by Crippen LogP contribution is 1.88. The van der Waals surface area contributed by atoms with Crippen molar-refractivity contribution in [2.24, 2.45) is 5.73 Å². The number of rotatable bonds is 3. The van der Waals surface area contributed by atoms with Gasteiger partial charge in [-0.15, -0.1) is 0 Å². The molecule has 0 saturated carbocycles. The molecule has 4 N–H and O–H groups in total. The molecule has 6 heteroatoms. The Morgan fingerprint density at radius 2 is 2.09 bits per heavy atom. The molecule has 0 aromatic rings. The van der Waals surface area contributed by atoms with Crippen LogP contribution in [0, 0.1) is 0 Å². The Labute approximate surface area is 69.6 Å². The zero-order valence-electron chi connectivity index (χ0n) is 5.80. The van der Waals surface area contributed by atoms with Crippen molar-refractivity contribution in [3.63, 3.8) is 0 Å². The van der Waals surface area contributed by atoms with E-state index in [1.165, 1.54) is 0 Å². The molecule has 11 heavy (non-hydrogen) atoms. The Morgan fingerprint density at radius 3 is 2.18 bits per heavy atom. The summed E-state index contributed by atoms with van der Waals surface area (Å²) in [6, 6.07) is -0.743. The van der Waals surface area contributed by atoms with Crippen LogP contribution in [0.3, 0.4) is 0 Å². The Hall–Kier alpha value is -0.750. The van der Waals surface area contributed by atoms with Gasteiger partial charge in [-0.3, -0.25) is 9.59 Å². The van der Waals surface area contributed by atoms with Crippen LogP contribution < -0.4 is 5.73 Å². The smallest absolute Gasteiger partial charge is 0.320 e. The molecule has 0 rings (SSSR count). The Morgan fingerprint density at radius 1 is 1.73 bits per heavy atom. The summed E-state index contributed by atoms with van der Waals surface area (Å²) in [6.45, 7) is -0.250. The van der Waals surface area contributed by atoms with Gasteiger partial charge in [0.05, 0.1) is 0 Å². The van der Waals surface area contributed by atoms with E-state index in [1.54, 1.807) is 0 Å². The van der Waals surface area contributed by atoms with Crippen molar-refractivity contribution in [3.8, 4) is 0 Å².